The lowest BCUT2D eigenvalue weighted by atomic mass is 9.81. The first kappa shape index (κ1) is 17.9. The third kappa shape index (κ3) is 3.93. The first-order valence-electron chi connectivity index (χ1n) is 6.27. The highest BCUT2D eigenvalue weighted by atomic mass is 32.2. The zero-order valence-corrected chi connectivity index (χ0v) is 13.8. The summed E-state index contributed by atoms with van der Waals surface area (Å²) in [6, 6.07) is 0. The average molecular weight is 279 g/mol. The van der Waals surface area contributed by atoms with Crippen LogP contribution in [0.3, 0.4) is 0 Å². The second kappa shape index (κ2) is 5.10. The van der Waals surface area contributed by atoms with Crippen LogP contribution in [0, 0.1) is 5.41 Å². The Kier molecular flexibility index (Phi) is 5.06. The molecule has 0 spiro atoms. The molecule has 0 aromatic heterocycles. The van der Waals surface area contributed by atoms with E-state index in [0.29, 0.717) is 6.42 Å². The van der Waals surface area contributed by atoms with Gasteiger partial charge in [0, 0.05) is 7.05 Å². The molecule has 0 saturated carbocycles. The molecule has 0 heterocycles. The van der Waals surface area contributed by atoms with E-state index in [4.69, 9.17) is 0 Å². The van der Waals surface area contributed by atoms with Gasteiger partial charge in [0.2, 0.25) is 10.0 Å². The Morgan fingerprint density at radius 1 is 1.00 bits per heavy atom. The fourth-order valence-corrected chi connectivity index (χ4v) is 3.63. The molecule has 0 saturated heterocycles. The normalized spacial score (nSPS) is 17.9. The van der Waals surface area contributed by atoms with Gasteiger partial charge >= 0.3 is 0 Å². The Balaban J connectivity index is 5.46. The number of sulfonamides is 1. The molecule has 1 N–H and O–H groups in total. The third-order valence-electron chi connectivity index (χ3n) is 3.15. The summed E-state index contributed by atoms with van der Waals surface area (Å²) in [7, 11) is -1.89. The number of rotatable bonds is 4. The van der Waals surface area contributed by atoms with Crippen LogP contribution in [0.1, 0.15) is 54.9 Å². The maximum absolute atomic E-state index is 12.5. The van der Waals surface area contributed by atoms with Crippen molar-refractivity contribution in [3.63, 3.8) is 0 Å². The van der Waals surface area contributed by atoms with E-state index >= 15 is 0 Å². The molecule has 1 atom stereocenters. The van der Waals surface area contributed by atoms with Crippen molar-refractivity contribution in [1.82, 2.24) is 4.31 Å². The highest BCUT2D eigenvalue weighted by Gasteiger charge is 2.44. The van der Waals surface area contributed by atoms with Crippen molar-refractivity contribution in [3.05, 3.63) is 0 Å². The first-order chi connectivity index (χ1) is 7.67. The number of aliphatic hydroxyl groups is 1. The van der Waals surface area contributed by atoms with E-state index in [9.17, 15) is 13.5 Å². The average Bonchev–Trinajstić information content (AvgIpc) is 2.12. The maximum atomic E-state index is 12.5. The van der Waals surface area contributed by atoms with E-state index in [-0.39, 0.29) is 12.0 Å². The summed E-state index contributed by atoms with van der Waals surface area (Å²) in [5.41, 5.74) is -0.830. The molecule has 18 heavy (non-hydrogen) atoms. The standard InChI is InChI=1S/C13H29NO3S/c1-11(2,3)9-13(7,10-15)14(8)18(16,17)12(4,5)6/h15H,9-10H2,1-8H3. The van der Waals surface area contributed by atoms with Gasteiger partial charge in [0.15, 0.2) is 0 Å². The molecular formula is C13H29NO3S. The Labute approximate surface area is 112 Å². The third-order valence-corrected chi connectivity index (χ3v) is 5.86. The van der Waals surface area contributed by atoms with Gasteiger partial charge in [-0.3, -0.25) is 0 Å². The molecule has 0 radical (unpaired) electrons. The van der Waals surface area contributed by atoms with Gasteiger partial charge < -0.3 is 5.11 Å². The molecule has 5 heteroatoms. The van der Waals surface area contributed by atoms with Gasteiger partial charge in [-0.1, -0.05) is 20.8 Å². The molecular weight excluding hydrogens is 250 g/mol. The number of aliphatic hydroxyl groups excluding tert-OH is 1. The van der Waals surface area contributed by atoms with Crippen LogP contribution in [-0.2, 0) is 10.0 Å². The molecule has 0 aromatic rings. The van der Waals surface area contributed by atoms with Crippen LogP contribution in [-0.4, -0.2) is 41.8 Å². The van der Waals surface area contributed by atoms with Crippen LogP contribution in [0.2, 0.25) is 0 Å². The highest BCUT2D eigenvalue weighted by molar-refractivity contribution is 7.90. The van der Waals surface area contributed by atoms with Crippen LogP contribution in [0.4, 0.5) is 0 Å². The Morgan fingerprint density at radius 2 is 1.39 bits per heavy atom. The minimum atomic E-state index is -3.45. The van der Waals surface area contributed by atoms with Gasteiger partial charge in [0.25, 0.3) is 0 Å². The minimum Gasteiger partial charge on any atom is -0.394 e. The zero-order chi connectivity index (χ0) is 15.0. The lowest BCUT2D eigenvalue weighted by Crippen LogP contribution is -2.55. The monoisotopic (exact) mass is 279 g/mol. The molecule has 0 aliphatic heterocycles. The molecule has 0 amide bonds. The van der Waals surface area contributed by atoms with Crippen LogP contribution in [0.25, 0.3) is 0 Å². The summed E-state index contributed by atoms with van der Waals surface area (Å²) < 4.78 is 25.4. The van der Waals surface area contributed by atoms with Crippen molar-refractivity contribution in [2.24, 2.45) is 5.41 Å². The van der Waals surface area contributed by atoms with Gasteiger partial charge in [-0.05, 0) is 39.5 Å². The van der Waals surface area contributed by atoms with Gasteiger partial charge in [-0.15, -0.1) is 0 Å². The van der Waals surface area contributed by atoms with Crippen LogP contribution >= 0.6 is 0 Å². The number of likely N-dealkylation sites (N-methyl/N-ethyl adjacent to an activating group) is 1. The van der Waals surface area contributed by atoms with E-state index in [1.165, 1.54) is 4.31 Å². The second-order valence-electron chi connectivity index (χ2n) is 7.48. The summed E-state index contributed by atoms with van der Waals surface area (Å²) in [5, 5.41) is 9.64. The summed E-state index contributed by atoms with van der Waals surface area (Å²) in [5.74, 6) is 0. The SMILES string of the molecule is CN(C(C)(CO)CC(C)(C)C)S(=O)(=O)C(C)(C)C. The second-order valence-corrected chi connectivity index (χ2v) is 10.2. The maximum Gasteiger partial charge on any atom is 0.219 e. The fourth-order valence-electron chi connectivity index (χ4n) is 2.11. The number of nitrogens with zero attached hydrogens (tertiary/aromatic N) is 1. The van der Waals surface area contributed by atoms with Gasteiger partial charge in [-0.25, -0.2) is 8.42 Å². The number of hydrogen-bond donors (Lipinski definition) is 1. The van der Waals surface area contributed by atoms with Crippen LogP contribution in [0.5, 0.6) is 0 Å². The quantitative estimate of drug-likeness (QED) is 0.858. The molecule has 0 fully saturated rings. The van der Waals surface area contributed by atoms with Crippen molar-refractivity contribution in [1.29, 1.82) is 0 Å². The largest absolute Gasteiger partial charge is 0.394 e. The predicted octanol–water partition coefficient (Wildman–Crippen LogP) is 2.23. The topological polar surface area (TPSA) is 57.6 Å². The Bertz CT molecular complexity index is 376. The molecule has 0 aromatic carbocycles. The smallest absolute Gasteiger partial charge is 0.219 e. The van der Waals surface area contributed by atoms with Gasteiger partial charge in [0.1, 0.15) is 0 Å². The Hall–Kier alpha value is -0.130. The molecule has 110 valence electrons. The van der Waals surface area contributed by atoms with Crippen molar-refractivity contribution in [2.45, 2.75) is 65.2 Å². The zero-order valence-electron chi connectivity index (χ0n) is 13.0. The van der Waals surface area contributed by atoms with Crippen LogP contribution < -0.4 is 0 Å². The summed E-state index contributed by atoms with van der Waals surface area (Å²) in [6.45, 7) is 12.8. The summed E-state index contributed by atoms with van der Waals surface area (Å²) >= 11 is 0. The number of hydrogen-bond acceptors (Lipinski definition) is 3. The predicted molar refractivity (Wildman–Crippen MR) is 76.0 cm³/mol. The van der Waals surface area contributed by atoms with Crippen molar-refractivity contribution in [2.75, 3.05) is 13.7 Å². The van der Waals surface area contributed by atoms with Gasteiger partial charge in [0.05, 0.1) is 16.9 Å². The van der Waals surface area contributed by atoms with Crippen LogP contribution in [0.15, 0.2) is 0 Å². The molecule has 0 bridgehead atoms. The Morgan fingerprint density at radius 3 is 1.61 bits per heavy atom. The minimum absolute atomic E-state index is 0.0564. The lowest BCUT2D eigenvalue weighted by molar-refractivity contribution is 0.0790. The molecule has 0 aliphatic rings. The summed E-state index contributed by atoms with van der Waals surface area (Å²) in [6.07, 6.45) is 0.600. The van der Waals surface area contributed by atoms with Gasteiger partial charge in [-0.2, -0.15) is 4.31 Å². The van der Waals surface area contributed by atoms with E-state index < -0.39 is 20.3 Å². The van der Waals surface area contributed by atoms with E-state index in [0.717, 1.165) is 0 Å². The van der Waals surface area contributed by atoms with E-state index in [1.807, 2.05) is 20.8 Å². The molecule has 0 rings (SSSR count). The molecule has 0 aliphatic carbocycles. The fraction of sp³-hybridized carbons (Fsp3) is 1.00. The highest BCUT2D eigenvalue weighted by Crippen LogP contribution is 2.34. The van der Waals surface area contributed by atoms with E-state index in [1.54, 1.807) is 34.7 Å². The van der Waals surface area contributed by atoms with Crippen molar-refractivity contribution >= 4 is 10.0 Å². The van der Waals surface area contributed by atoms with Crippen molar-refractivity contribution in [3.8, 4) is 0 Å². The lowest BCUT2D eigenvalue weighted by Gasteiger charge is -2.43. The molecule has 4 nitrogen and oxygen atoms in total. The van der Waals surface area contributed by atoms with E-state index in [2.05, 4.69) is 0 Å². The first-order valence-corrected chi connectivity index (χ1v) is 7.71. The van der Waals surface area contributed by atoms with Crippen molar-refractivity contribution < 1.29 is 13.5 Å². The summed E-state index contributed by atoms with van der Waals surface area (Å²) in [4.78, 5) is 0. The molecule has 1 unspecified atom stereocenters.